The second-order valence-electron chi connectivity index (χ2n) is 5.04. The summed E-state index contributed by atoms with van der Waals surface area (Å²) < 4.78 is 10.7. The second-order valence-corrected chi connectivity index (χ2v) is 5.04. The molecule has 0 aliphatic carbocycles. The van der Waals surface area contributed by atoms with E-state index in [2.05, 4.69) is 5.32 Å². The van der Waals surface area contributed by atoms with Gasteiger partial charge in [0.1, 0.15) is 11.5 Å². The molecule has 4 heteroatoms. The number of aryl methyl sites for hydroxylation is 1. The fourth-order valence-corrected chi connectivity index (χ4v) is 1.96. The Morgan fingerprint density at radius 1 is 1.00 bits per heavy atom. The van der Waals surface area contributed by atoms with Crippen LogP contribution in [-0.4, -0.2) is 19.6 Å². The summed E-state index contributed by atoms with van der Waals surface area (Å²) in [6.07, 6.45) is 1.10. The first-order valence-corrected chi connectivity index (χ1v) is 7.31. The van der Waals surface area contributed by atoms with Crippen molar-refractivity contribution >= 4 is 11.6 Å². The average Bonchev–Trinajstić information content (AvgIpc) is 2.54. The van der Waals surface area contributed by atoms with Gasteiger partial charge in [-0.15, -0.1) is 0 Å². The van der Waals surface area contributed by atoms with Gasteiger partial charge in [0, 0.05) is 12.1 Å². The number of anilines is 1. The number of carbonyl (C=O) groups is 1. The van der Waals surface area contributed by atoms with Crippen molar-refractivity contribution in [2.45, 2.75) is 19.8 Å². The number of rotatable bonds is 7. The van der Waals surface area contributed by atoms with E-state index in [4.69, 9.17) is 9.47 Å². The summed E-state index contributed by atoms with van der Waals surface area (Å²) in [4.78, 5) is 11.8. The molecule has 0 unspecified atom stereocenters. The summed E-state index contributed by atoms with van der Waals surface area (Å²) in [5, 5.41) is 2.87. The van der Waals surface area contributed by atoms with Crippen LogP contribution in [0.15, 0.2) is 48.5 Å². The largest absolute Gasteiger partial charge is 0.497 e. The zero-order valence-electron chi connectivity index (χ0n) is 13.0. The molecule has 0 spiro atoms. The van der Waals surface area contributed by atoms with E-state index in [0.717, 1.165) is 17.2 Å². The van der Waals surface area contributed by atoms with Crippen molar-refractivity contribution in [3.05, 3.63) is 54.1 Å². The minimum atomic E-state index is 0.00202. The van der Waals surface area contributed by atoms with Crippen molar-refractivity contribution in [3.63, 3.8) is 0 Å². The molecule has 4 nitrogen and oxygen atoms in total. The first-order chi connectivity index (χ1) is 10.7. The monoisotopic (exact) mass is 299 g/mol. The van der Waals surface area contributed by atoms with Gasteiger partial charge in [-0.3, -0.25) is 4.79 Å². The fraction of sp³-hybridized carbons (Fsp3) is 0.278. The molecule has 0 aliphatic rings. The maximum atomic E-state index is 11.8. The molecule has 1 amide bonds. The predicted molar refractivity (Wildman–Crippen MR) is 87.5 cm³/mol. The molecule has 0 saturated carbocycles. The van der Waals surface area contributed by atoms with Gasteiger partial charge in [0.15, 0.2) is 0 Å². The van der Waals surface area contributed by atoms with Crippen LogP contribution in [0.2, 0.25) is 0 Å². The van der Waals surface area contributed by atoms with Crippen LogP contribution in [0.4, 0.5) is 5.69 Å². The number of hydrogen-bond acceptors (Lipinski definition) is 3. The standard InChI is InChI=1S/C18H21NO3/c1-14-5-7-15(8-6-14)19-18(20)4-3-13-22-17-11-9-16(21-2)10-12-17/h5-12H,3-4,13H2,1-2H3,(H,19,20). The molecular weight excluding hydrogens is 278 g/mol. The summed E-state index contributed by atoms with van der Waals surface area (Å²) in [5.41, 5.74) is 2.00. The van der Waals surface area contributed by atoms with E-state index in [-0.39, 0.29) is 5.91 Å². The van der Waals surface area contributed by atoms with Crippen molar-refractivity contribution in [2.24, 2.45) is 0 Å². The Labute approximate surface area is 131 Å². The molecule has 2 aromatic carbocycles. The molecule has 0 aliphatic heterocycles. The Balaban J connectivity index is 1.67. The summed E-state index contributed by atoms with van der Waals surface area (Å²) in [5.74, 6) is 1.58. The lowest BCUT2D eigenvalue weighted by Gasteiger charge is -2.08. The fourth-order valence-electron chi connectivity index (χ4n) is 1.96. The SMILES string of the molecule is COc1ccc(OCCCC(=O)Nc2ccc(C)cc2)cc1. The highest BCUT2D eigenvalue weighted by Gasteiger charge is 2.02. The van der Waals surface area contributed by atoms with Crippen LogP contribution in [0.5, 0.6) is 11.5 Å². The average molecular weight is 299 g/mol. The van der Waals surface area contributed by atoms with Gasteiger partial charge in [0.05, 0.1) is 13.7 Å². The van der Waals surface area contributed by atoms with E-state index in [1.807, 2.05) is 55.5 Å². The number of nitrogens with one attached hydrogen (secondary N) is 1. The lowest BCUT2D eigenvalue weighted by molar-refractivity contribution is -0.116. The van der Waals surface area contributed by atoms with Gasteiger partial charge < -0.3 is 14.8 Å². The number of benzene rings is 2. The third-order valence-electron chi connectivity index (χ3n) is 3.21. The van der Waals surface area contributed by atoms with E-state index in [1.54, 1.807) is 7.11 Å². The molecule has 116 valence electrons. The number of carbonyl (C=O) groups excluding carboxylic acids is 1. The Kier molecular flexibility index (Phi) is 5.83. The van der Waals surface area contributed by atoms with Crippen LogP contribution < -0.4 is 14.8 Å². The topological polar surface area (TPSA) is 47.6 Å². The van der Waals surface area contributed by atoms with E-state index >= 15 is 0 Å². The Hall–Kier alpha value is -2.49. The van der Waals surface area contributed by atoms with Crippen LogP contribution in [0.3, 0.4) is 0 Å². The molecule has 1 N–H and O–H groups in total. The number of amides is 1. The Morgan fingerprint density at radius 3 is 2.27 bits per heavy atom. The summed E-state index contributed by atoms with van der Waals surface area (Å²) in [6.45, 7) is 2.52. The lowest BCUT2D eigenvalue weighted by Crippen LogP contribution is -2.12. The highest BCUT2D eigenvalue weighted by molar-refractivity contribution is 5.90. The molecule has 22 heavy (non-hydrogen) atoms. The zero-order chi connectivity index (χ0) is 15.8. The van der Waals surface area contributed by atoms with Crippen molar-refractivity contribution in [2.75, 3.05) is 19.0 Å². The van der Waals surface area contributed by atoms with E-state index < -0.39 is 0 Å². The van der Waals surface area contributed by atoms with Gasteiger partial charge in [-0.05, 0) is 49.7 Å². The van der Waals surface area contributed by atoms with Gasteiger partial charge in [-0.2, -0.15) is 0 Å². The minimum absolute atomic E-state index is 0.00202. The van der Waals surface area contributed by atoms with Crippen LogP contribution in [0.1, 0.15) is 18.4 Å². The predicted octanol–water partition coefficient (Wildman–Crippen LogP) is 3.80. The zero-order valence-corrected chi connectivity index (χ0v) is 13.0. The van der Waals surface area contributed by atoms with Gasteiger partial charge in [0.25, 0.3) is 0 Å². The molecule has 0 atom stereocenters. The maximum absolute atomic E-state index is 11.8. The van der Waals surface area contributed by atoms with Crippen molar-refractivity contribution in [1.29, 1.82) is 0 Å². The maximum Gasteiger partial charge on any atom is 0.224 e. The smallest absolute Gasteiger partial charge is 0.224 e. The molecule has 0 aromatic heterocycles. The van der Waals surface area contributed by atoms with Crippen molar-refractivity contribution in [3.8, 4) is 11.5 Å². The first-order valence-electron chi connectivity index (χ1n) is 7.31. The lowest BCUT2D eigenvalue weighted by atomic mass is 10.2. The summed E-state index contributed by atoms with van der Waals surface area (Å²) in [6, 6.07) is 15.2. The third-order valence-corrected chi connectivity index (χ3v) is 3.21. The second kappa shape index (κ2) is 8.08. The number of ether oxygens (including phenoxy) is 2. The summed E-state index contributed by atoms with van der Waals surface area (Å²) >= 11 is 0. The van der Waals surface area contributed by atoms with Crippen LogP contribution in [0.25, 0.3) is 0 Å². The van der Waals surface area contributed by atoms with Crippen molar-refractivity contribution < 1.29 is 14.3 Å². The van der Waals surface area contributed by atoms with Gasteiger partial charge >= 0.3 is 0 Å². The molecule has 0 fully saturated rings. The van der Waals surface area contributed by atoms with Gasteiger partial charge in [0.2, 0.25) is 5.91 Å². The normalized spacial score (nSPS) is 10.1. The molecular formula is C18H21NO3. The quantitative estimate of drug-likeness (QED) is 0.791. The highest BCUT2D eigenvalue weighted by Crippen LogP contribution is 2.17. The van der Waals surface area contributed by atoms with Crippen molar-refractivity contribution in [1.82, 2.24) is 0 Å². The van der Waals surface area contributed by atoms with Gasteiger partial charge in [-0.1, -0.05) is 17.7 Å². The van der Waals surface area contributed by atoms with E-state index in [0.29, 0.717) is 19.4 Å². The summed E-state index contributed by atoms with van der Waals surface area (Å²) in [7, 11) is 1.63. The number of hydrogen-bond donors (Lipinski definition) is 1. The molecule has 2 aromatic rings. The molecule has 0 radical (unpaired) electrons. The van der Waals surface area contributed by atoms with Crippen LogP contribution in [-0.2, 0) is 4.79 Å². The molecule has 0 bridgehead atoms. The van der Waals surface area contributed by atoms with Gasteiger partial charge in [-0.25, -0.2) is 0 Å². The van der Waals surface area contributed by atoms with E-state index in [1.165, 1.54) is 5.56 Å². The van der Waals surface area contributed by atoms with Crippen LogP contribution >= 0.6 is 0 Å². The number of methoxy groups -OCH3 is 1. The molecule has 0 heterocycles. The van der Waals surface area contributed by atoms with Crippen LogP contribution in [0, 0.1) is 6.92 Å². The Bertz CT molecular complexity index is 591. The first kappa shape index (κ1) is 15.9. The molecule has 0 saturated heterocycles. The van der Waals surface area contributed by atoms with E-state index in [9.17, 15) is 4.79 Å². The third kappa shape index (κ3) is 5.13. The Morgan fingerprint density at radius 2 is 1.64 bits per heavy atom. The highest BCUT2D eigenvalue weighted by atomic mass is 16.5. The minimum Gasteiger partial charge on any atom is -0.497 e. The molecule has 2 rings (SSSR count).